The second kappa shape index (κ2) is 7.58. The lowest BCUT2D eigenvalue weighted by Crippen LogP contribution is -2.12. The fourth-order valence-corrected chi connectivity index (χ4v) is 2.94. The molecule has 18 heavy (non-hydrogen) atoms. The third kappa shape index (κ3) is 3.58. The molecular weight excluding hydrogens is 284 g/mol. The van der Waals surface area contributed by atoms with Crippen LogP contribution in [0.25, 0.3) is 0 Å². The largest absolute Gasteiger partial charge is 0.0991 e. The Balaban J connectivity index is 3.29. The highest BCUT2D eigenvalue weighted by Crippen LogP contribution is 2.37. The maximum absolute atomic E-state index is 3.79. The summed E-state index contributed by atoms with van der Waals surface area (Å²) in [6.07, 6.45) is 13.9. The molecule has 1 aliphatic rings. The van der Waals surface area contributed by atoms with Gasteiger partial charge < -0.3 is 0 Å². The van der Waals surface area contributed by atoms with Gasteiger partial charge in [0.05, 0.1) is 0 Å². The lowest BCUT2D eigenvalue weighted by atomic mass is 9.83. The minimum Gasteiger partial charge on any atom is -0.0991 e. The Morgan fingerprint density at radius 2 is 2.11 bits per heavy atom. The summed E-state index contributed by atoms with van der Waals surface area (Å²) in [5.74, 6) is 0. The number of halogens is 1. The summed E-state index contributed by atoms with van der Waals surface area (Å²) in [5.41, 5.74) is 5.81. The molecule has 0 N–H and O–H groups in total. The van der Waals surface area contributed by atoms with Crippen LogP contribution >= 0.6 is 15.9 Å². The van der Waals surface area contributed by atoms with Gasteiger partial charge >= 0.3 is 0 Å². The van der Waals surface area contributed by atoms with Crippen molar-refractivity contribution < 1.29 is 0 Å². The average molecular weight is 307 g/mol. The molecule has 0 aromatic rings. The van der Waals surface area contributed by atoms with Gasteiger partial charge in [-0.2, -0.15) is 0 Å². The molecule has 0 aromatic carbocycles. The number of hydrogen-bond acceptors (Lipinski definition) is 0. The van der Waals surface area contributed by atoms with Gasteiger partial charge in [0.1, 0.15) is 0 Å². The smallest absolute Gasteiger partial charge is 0.0401 e. The molecule has 0 heterocycles. The van der Waals surface area contributed by atoms with E-state index in [1.165, 1.54) is 28.7 Å². The summed E-state index contributed by atoms with van der Waals surface area (Å²) in [4.78, 5) is 0.453. The zero-order valence-electron chi connectivity index (χ0n) is 11.7. The Kier molecular flexibility index (Phi) is 6.42. The zero-order valence-corrected chi connectivity index (χ0v) is 13.3. The minimum absolute atomic E-state index is 0.453. The first kappa shape index (κ1) is 15.2. The first-order valence-corrected chi connectivity index (χ1v) is 7.56. The van der Waals surface area contributed by atoms with Crippen LogP contribution in [0.15, 0.2) is 59.3 Å². The second-order valence-corrected chi connectivity index (χ2v) is 5.72. The molecule has 0 saturated carbocycles. The van der Waals surface area contributed by atoms with Gasteiger partial charge in [-0.25, -0.2) is 0 Å². The monoisotopic (exact) mass is 306 g/mol. The summed E-state index contributed by atoms with van der Waals surface area (Å²) in [5, 5.41) is 0. The molecule has 0 bridgehead atoms. The van der Waals surface area contributed by atoms with Crippen molar-refractivity contribution in [1.82, 2.24) is 0 Å². The van der Waals surface area contributed by atoms with Crippen molar-refractivity contribution in [3.63, 3.8) is 0 Å². The predicted molar refractivity (Wildman–Crippen MR) is 86.1 cm³/mol. The summed E-state index contributed by atoms with van der Waals surface area (Å²) in [6.45, 7) is 10.3. The topological polar surface area (TPSA) is 0 Å². The highest BCUT2D eigenvalue weighted by atomic mass is 79.9. The van der Waals surface area contributed by atoms with Crippen LogP contribution in [0.1, 0.15) is 40.0 Å². The molecule has 0 aromatic heterocycles. The third-order valence-corrected chi connectivity index (χ3v) is 4.28. The molecule has 0 radical (unpaired) electrons. The van der Waals surface area contributed by atoms with Gasteiger partial charge in [0.2, 0.25) is 0 Å². The van der Waals surface area contributed by atoms with Gasteiger partial charge in [-0.15, -0.1) is 0 Å². The second-order valence-electron chi connectivity index (χ2n) is 4.62. The quantitative estimate of drug-likeness (QED) is 0.439. The van der Waals surface area contributed by atoms with Crippen LogP contribution in [-0.2, 0) is 0 Å². The summed E-state index contributed by atoms with van der Waals surface area (Å²) >= 11 is 3.79. The van der Waals surface area contributed by atoms with E-state index in [1.54, 1.807) is 0 Å². The van der Waals surface area contributed by atoms with E-state index in [1.807, 2.05) is 12.2 Å². The van der Waals surface area contributed by atoms with Crippen LogP contribution in [0.2, 0.25) is 0 Å². The van der Waals surface area contributed by atoms with Crippen molar-refractivity contribution in [3.8, 4) is 0 Å². The van der Waals surface area contributed by atoms with Crippen molar-refractivity contribution in [2.75, 3.05) is 0 Å². The summed E-state index contributed by atoms with van der Waals surface area (Å²) < 4.78 is 0. The predicted octanol–water partition coefficient (Wildman–Crippen LogP) is 5.89. The fraction of sp³-hybridized carbons (Fsp3) is 0.412. The Labute approximate surface area is 120 Å². The van der Waals surface area contributed by atoms with Crippen LogP contribution in [0.4, 0.5) is 0 Å². The molecular formula is C17H23Br. The molecule has 1 aliphatic carbocycles. The molecule has 0 nitrogen and oxygen atoms in total. The lowest BCUT2D eigenvalue weighted by molar-refractivity contribution is 0.846. The van der Waals surface area contributed by atoms with Crippen molar-refractivity contribution >= 4 is 15.9 Å². The first-order valence-electron chi connectivity index (χ1n) is 6.64. The number of allylic oxidation sites excluding steroid dienone is 9. The van der Waals surface area contributed by atoms with E-state index in [9.17, 15) is 0 Å². The molecule has 1 rings (SSSR count). The number of hydrogen-bond donors (Lipinski definition) is 0. The zero-order chi connectivity index (χ0) is 13.5. The highest BCUT2D eigenvalue weighted by Gasteiger charge is 2.21. The van der Waals surface area contributed by atoms with Gasteiger partial charge in [-0.1, -0.05) is 71.8 Å². The lowest BCUT2D eigenvalue weighted by Gasteiger charge is -2.26. The minimum atomic E-state index is 0.453. The van der Waals surface area contributed by atoms with E-state index >= 15 is 0 Å². The average Bonchev–Trinajstić information content (AvgIpc) is 2.36. The molecule has 0 spiro atoms. The molecule has 0 saturated heterocycles. The normalized spacial score (nSPS) is 21.4. The molecule has 0 fully saturated rings. The fourth-order valence-electron chi connectivity index (χ4n) is 2.35. The van der Waals surface area contributed by atoms with E-state index in [-0.39, 0.29) is 0 Å². The standard InChI is InChI=1S/C17H23Br/c1-5-8-11-14-12-17(18)13(4)15(9-6-2)16(14)10-7-3/h5-6,8-9,11,17H,1,7,10,12H2,2-4H3/b9-6-,11-8-. The number of alkyl halides is 1. The van der Waals surface area contributed by atoms with Crippen LogP contribution < -0.4 is 0 Å². The van der Waals surface area contributed by atoms with E-state index < -0.39 is 0 Å². The molecule has 98 valence electrons. The van der Waals surface area contributed by atoms with E-state index in [0.717, 1.165) is 12.8 Å². The third-order valence-electron chi connectivity index (χ3n) is 3.27. The van der Waals surface area contributed by atoms with E-state index in [4.69, 9.17) is 0 Å². The van der Waals surface area contributed by atoms with Crippen LogP contribution in [0.5, 0.6) is 0 Å². The maximum Gasteiger partial charge on any atom is 0.0401 e. The Bertz CT molecular complexity index is 419. The Hall–Kier alpha value is -0.820. The van der Waals surface area contributed by atoms with Gasteiger partial charge in [-0.05, 0) is 43.4 Å². The van der Waals surface area contributed by atoms with Crippen LogP contribution in [-0.4, -0.2) is 4.83 Å². The molecule has 0 aliphatic heterocycles. The first-order chi connectivity index (χ1) is 8.65. The van der Waals surface area contributed by atoms with Crippen LogP contribution in [0.3, 0.4) is 0 Å². The van der Waals surface area contributed by atoms with Crippen molar-refractivity contribution in [1.29, 1.82) is 0 Å². The van der Waals surface area contributed by atoms with Crippen molar-refractivity contribution in [3.05, 3.63) is 59.3 Å². The van der Waals surface area contributed by atoms with Crippen LogP contribution in [0, 0.1) is 0 Å². The summed E-state index contributed by atoms with van der Waals surface area (Å²) in [7, 11) is 0. The highest BCUT2D eigenvalue weighted by molar-refractivity contribution is 9.09. The van der Waals surface area contributed by atoms with E-state index in [2.05, 4.69) is 61.5 Å². The van der Waals surface area contributed by atoms with Crippen molar-refractivity contribution in [2.24, 2.45) is 0 Å². The molecule has 1 heteroatoms. The SMILES string of the molecule is C=C/C=C\C1=C(CCC)C(/C=C\C)=C(C)C(Br)C1. The molecule has 1 atom stereocenters. The molecule has 1 unspecified atom stereocenters. The Morgan fingerprint density at radius 3 is 2.67 bits per heavy atom. The van der Waals surface area contributed by atoms with Gasteiger partial charge in [0.25, 0.3) is 0 Å². The Morgan fingerprint density at radius 1 is 1.39 bits per heavy atom. The number of rotatable bonds is 5. The van der Waals surface area contributed by atoms with Crippen molar-refractivity contribution in [2.45, 2.75) is 44.9 Å². The molecule has 0 amide bonds. The van der Waals surface area contributed by atoms with Gasteiger partial charge in [-0.3, -0.25) is 0 Å². The van der Waals surface area contributed by atoms with E-state index in [0.29, 0.717) is 4.83 Å². The van der Waals surface area contributed by atoms with Gasteiger partial charge in [0.15, 0.2) is 0 Å². The van der Waals surface area contributed by atoms with Gasteiger partial charge in [0, 0.05) is 4.83 Å². The summed E-state index contributed by atoms with van der Waals surface area (Å²) in [6, 6.07) is 0. The maximum atomic E-state index is 3.79.